The quantitative estimate of drug-likeness (QED) is 0.158. The third-order valence-corrected chi connectivity index (χ3v) is 11.3. The van der Waals surface area contributed by atoms with E-state index >= 15 is 0 Å². The second kappa shape index (κ2) is 16.1. The first-order chi connectivity index (χ1) is 28.1. The number of hydrogen-bond donors (Lipinski definition) is 1. The van der Waals surface area contributed by atoms with Crippen molar-refractivity contribution in [3.63, 3.8) is 0 Å². The van der Waals surface area contributed by atoms with Crippen LogP contribution in [0.4, 0.5) is 0 Å². The number of rotatable bonds is 9. The van der Waals surface area contributed by atoms with Crippen LogP contribution in [0.3, 0.4) is 0 Å². The Morgan fingerprint density at radius 2 is 1.18 bits per heavy atom. The lowest BCUT2D eigenvalue weighted by Gasteiger charge is -2.25. The van der Waals surface area contributed by atoms with Crippen LogP contribution in [-0.4, -0.2) is 11.7 Å². The summed E-state index contributed by atoms with van der Waals surface area (Å²) in [5.41, 5.74) is 18.1. The van der Waals surface area contributed by atoms with Gasteiger partial charge in [0.1, 0.15) is 11.7 Å². The van der Waals surface area contributed by atoms with Gasteiger partial charge >= 0.3 is 0 Å². The first-order valence-corrected chi connectivity index (χ1v) is 20.0. The molecule has 0 bridgehead atoms. The van der Waals surface area contributed by atoms with Gasteiger partial charge in [0.25, 0.3) is 0 Å². The summed E-state index contributed by atoms with van der Waals surface area (Å²) in [7, 11) is 0. The van der Waals surface area contributed by atoms with Crippen molar-refractivity contribution in [3.05, 3.63) is 222 Å². The van der Waals surface area contributed by atoms with Gasteiger partial charge in [-0.15, -0.1) is 0 Å². The zero-order valence-corrected chi connectivity index (χ0v) is 32.3. The van der Waals surface area contributed by atoms with Gasteiger partial charge in [0.15, 0.2) is 6.17 Å². The summed E-state index contributed by atoms with van der Waals surface area (Å²) in [4.78, 5) is 10.4. The van der Waals surface area contributed by atoms with Crippen molar-refractivity contribution in [2.45, 2.75) is 38.8 Å². The molecule has 0 radical (unpaired) electrons. The van der Waals surface area contributed by atoms with Crippen LogP contribution in [-0.2, 0) is 0 Å². The number of amidine groups is 2. The van der Waals surface area contributed by atoms with Crippen LogP contribution >= 0.6 is 0 Å². The molecule has 1 atom stereocenters. The fourth-order valence-corrected chi connectivity index (χ4v) is 8.19. The van der Waals surface area contributed by atoms with Gasteiger partial charge in [0.05, 0.1) is 0 Å². The first-order valence-electron chi connectivity index (χ1n) is 20.0. The van der Waals surface area contributed by atoms with Crippen LogP contribution in [0.1, 0.15) is 65.2 Å². The predicted octanol–water partition coefficient (Wildman–Crippen LogP) is 13.6. The Hall–Kier alpha value is -6.84. The van der Waals surface area contributed by atoms with Crippen LogP contribution < -0.4 is 5.32 Å². The van der Waals surface area contributed by atoms with E-state index in [1.54, 1.807) is 0 Å². The van der Waals surface area contributed by atoms with Crippen molar-refractivity contribution in [3.8, 4) is 33.4 Å². The highest BCUT2D eigenvalue weighted by atomic mass is 15.2. The molecule has 6 aromatic carbocycles. The van der Waals surface area contributed by atoms with Crippen molar-refractivity contribution in [1.29, 1.82) is 0 Å². The molecule has 1 unspecified atom stereocenters. The van der Waals surface area contributed by atoms with E-state index in [9.17, 15) is 0 Å². The molecule has 3 aliphatic rings. The van der Waals surface area contributed by atoms with Crippen molar-refractivity contribution < 1.29 is 0 Å². The molecule has 6 aromatic rings. The molecular weight excluding hydrogens is 691 g/mol. The van der Waals surface area contributed by atoms with Crippen LogP contribution in [0, 0.1) is 6.92 Å². The summed E-state index contributed by atoms with van der Waals surface area (Å²) >= 11 is 0. The summed E-state index contributed by atoms with van der Waals surface area (Å²) in [5.74, 6) is 1.74. The summed E-state index contributed by atoms with van der Waals surface area (Å²) in [6.45, 7) is 6.48. The fourth-order valence-electron chi connectivity index (χ4n) is 8.19. The Morgan fingerprint density at radius 1 is 0.544 bits per heavy atom. The SMILES string of the molecule is C=Cc1cccc(C2=CC=C(c3cc(-c4ccccc4)cc(-c4ccccc4)c3)CC2)c1-c1cc(C2N=C(C3=CC=CCC3)NC(c3ccccc3)=N2)ccc1C. The molecule has 1 N–H and O–H groups in total. The molecule has 0 aromatic heterocycles. The molecule has 0 fully saturated rings. The van der Waals surface area contributed by atoms with Crippen LogP contribution in [0.15, 0.2) is 198 Å². The number of aryl methyl sites for hydroxylation is 1. The number of nitrogens with zero attached hydrogens (tertiary/aromatic N) is 2. The Morgan fingerprint density at radius 3 is 1.81 bits per heavy atom. The average Bonchev–Trinajstić information content (AvgIpc) is 3.30. The zero-order valence-electron chi connectivity index (χ0n) is 32.3. The maximum Gasteiger partial charge on any atom is 0.169 e. The Kier molecular flexibility index (Phi) is 10.1. The van der Waals surface area contributed by atoms with E-state index in [0.717, 1.165) is 54.0 Å². The average molecular weight is 736 g/mol. The van der Waals surface area contributed by atoms with E-state index in [1.807, 2.05) is 12.1 Å². The lowest BCUT2D eigenvalue weighted by Crippen LogP contribution is -2.36. The molecule has 2 aliphatic carbocycles. The molecule has 0 saturated carbocycles. The standard InChI is InChI=1S/C54H45N3/c1-3-38-25-16-26-49(42-31-29-41(30-32-42)48-34-46(39-17-8-4-9-18-39)33-47(35-48)40-19-10-5-11-20-40)51(38)50-36-45(28-27-37(50)2)54-56-52(43-21-12-6-13-22-43)55-53(57-54)44-23-14-7-15-24-44/h3-14,16-23,25-29,31,33-36,54H,1,15,24,30,32H2,2H3,(H,55,56,57). The monoisotopic (exact) mass is 735 g/mol. The van der Waals surface area contributed by atoms with Gasteiger partial charge in [-0.25, -0.2) is 9.98 Å². The van der Waals surface area contributed by atoms with Gasteiger partial charge in [-0.05, 0) is 135 Å². The van der Waals surface area contributed by atoms with E-state index in [1.165, 1.54) is 66.8 Å². The van der Waals surface area contributed by atoms with Gasteiger partial charge in [0.2, 0.25) is 0 Å². The third-order valence-electron chi connectivity index (χ3n) is 11.3. The minimum Gasteiger partial charge on any atom is -0.325 e. The summed E-state index contributed by atoms with van der Waals surface area (Å²) in [6.07, 6.45) is 16.6. The predicted molar refractivity (Wildman–Crippen MR) is 242 cm³/mol. The highest BCUT2D eigenvalue weighted by Gasteiger charge is 2.24. The molecule has 1 aliphatic heterocycles. The number of benzene rings is 6. The van der Waals surface area contributed by atoms with Gasteiger partial charge in [-0.3, -0.25) is 0 Å². The molecule has 0 amide bonds. The zero-order chi connectivity index (χ0) is 38.6. The molecule has 0 spiro atoms. The van der Waals surface area contributed by atoms with Crippen molar-refractivity contribution >= 4 is 28.9 Å². The van der Waals surface area contributed by atoms with Crippen LogP contribution in [0.2, 0.25) is 0 Å². The molecular formula is C54H45N3. The van der Waals surface area contributed by atoms with Crippen LogP contribution in [0.25, 0.3) is 50.6 Å². The normalized spacial score (nSPS) is 16.4. The molecule has 0 saturated heterocycles. The minimum atomic E-state index is -0.381. The smallest absolute Gasteiger partial charge is 0.169 e. The number of aliphatic imine (C=N–C) groups is 2. The second-order valence-electron chi connectivity index (χ2n) is 14.9. The van der Waals surface area contributed by atoms with Gasteiger partial charge in [-0.1, -0.05) is 164 Å². The second-order valence-corrected chi connectivity index (χ2v) is 14.9. The number of allylic oxidation sites excluding steroid dienone is 7. The molecule has 276 valence electrons. The minimum absolute atomic E-state index is 0.381. The largest absolute Gasteiger partial charge is 0.325 e. The number of hydrogen-bond acceptors (Lipinski definition) is 3. The summed E-state index contributed by atoms with van der Waals surface area (Å²) in [5, 5.41) is 3.58. The summed E-state index contributed by atoms with van der Waals surface area (Å²) in [6, 6.07) is 52.1. The van der Waals surface area contributed by atoms with Gasteiger partial charge in [0, 0.05) is 5.56 Å². The molecule has 1 heterocycles. The summed E-state index contributed by atoms with van der Waals surface area (Å²) < 4.78 is 0. The lowest BCUT2D eigenvalue weighted by molar-refractivity contribution is 0.752. The van der Waals surface area contributed by atoms with Crippen molar-refractivity contribution in [1.82, 2.24) is 5.32 Å². The number of nitrogens with one attached hydrogen (secondary N) is 1. The lowest BCUT2D eigenvalue weighted by atomic mass is 9.83. The Labute approximate surface area is 336 Å². The molecule has 3 nitrogen and oxygen atoms in total. The van der Waals surface area contributed by atoms with E-state index in [4.69, 9.17) is 9.98 Å². The fraction of sp³-hybridized carbons (Fsp3) is 0.111. The maximum absolute atomic E-state index is 5.24. The van der Waals surface area contributed by atoms with E-state index in [0.29, 0.717) is 0 Å². The van der Waals surface area contributed by atoms with E-state index in [2.05, 4.69) is 189 Å². The van der Waals surface area contributed by atoms with E-state index in [-0.39, 0.29) is 6.17 Å². The molecule has 57 heavy (non-hydrogen) atoms. The third kappa shape index (κ3) is 7.57. The highest BCUT2D eigenvalue weighted by Crippen LogP contribution is 2.42. The van der Waals surface area contributed by atoms with Crippen molar-refractivity contribution in [2.75, 3.05) is 0 Å². The molecule has 3 heteroatoms. The maximum atomic E-state index is 5.24. The first kappa shape index (κ1) is 35.8. The topological polar surface area (TPSA) is 36.8 Å². The van der Waals surface area contributed by atoms with Gasteiger partial charge < -0.3 is 5.32 Å². The van der Waals surface area contributed by atoms with Crippen LogP contribution in [0.5, 0.6) is 0 Å². The highest BCUT2D eigenvalue weighted by molar-refractivity contribution is 6.16. The Balaban J connectivity index is 1.11. The molecule has 9 rings (SSSR count). The Bertz CT molecular complexity index is 2600. The van der Waals surface area contributed by atoms with E-state index < -0.39 is 0 Å². The van der Waals surface area contributed by atoms with Gasteiger partial charge in [-0.2, -0.15) is 0 Å². The van der Waals surface area contributed by atoms with Crippen molar-refractivity contribution in [2.24, 2.45) is 9.98 Å².